The minimum absolute atomic E-state index is 0.0230. The molecule has 0 saturated carbocycles. The number of nitrogens with zero attached hydrogens (tertiary/aromatic N) is 1. The molecular formula is C14H21ClN2O. The fourth-order valence-electron chi connectivity index (χ4n) is 1.48. The van der Waals surface area contributed by atoms with Gasteiger partial charge in [0.2, 0.25) is 0 Å². The molecule has 0 spiro atoms. The summed E-state index contributed by atoms with van der Waals surface area (Å²) in [4.78, 5) is 13.6. The summed E-state index contributed by atoms with van der Waals surface area (Å²) in [5.74, 6) is 0.455. The Balaban J connectivity index is 3.08. The molecule has 0 saturated heterocycles. The Labute approximate surface area is 114 Å². The summed E-state index contributed by atoms with van der Waals surface area (Å²) in [7, 11) is 3.49. The Hall–Kier alpha value is -1.22. The second-order valence-electron chi connectivity index (χ2n) is 5.07. The van der Waals surface area contributed by atoms with Crippen LogP contribution < -0.4 is 5.32 Å². The normalized spacial score (nSPS) is 12.4. The SMILES string of the molecule is CC(C)C(C)Nc1cc(Cl)ccc1C(=O)N(C)C. The van der Waals surface area contributed by atoms with Gasteiger partial charge in [-0.15, -0.1) is 0 Å². The Bertz CT molecular complexity index is 430. The molecule has 0 aliphatic rings. The van der Waals surface area contributed by atoms with Gasteiger partial charge in [-0.05, 0) is 31.0 Å². The van der Waals surface area contributed by atoms with Crippen LogP contribution in [-0.2, 0) is 0 Å². The van der Waals surface area contributed by atoms with Crippen LogP contribution in [0.2, 0.25) is 5.02 Å². The van der Waals surface area contributed by atoms with Gasteiger partial charge in [-0.1, -0.05) is 25.4 Å². The average Bonchev–Trinajstić information content (AvgIpc) is 2.28. The summed E-state index contributed by atoms with van der Waals surface area (Å²) in [6, 6.07) is 5.58. The summed E-state index contributed by atoms with van der Waals surface area (Å²) in [5.41, 5.74) is 1.44. The number of hydrogen-bond acceptors (Lipinski definition) is 2. The van der Waals surface area contributed by atoms with Gasteiger partial charge >= 0.3 is 0 Å². The van der Waals surface area contributed by atoms with Crippen molar-refractivity contribution < 1.29 is 4.79 Å². The van der Waals surface area contributed by atoms with Crippen LogP contribution >= 0.6 is 11.6 Å². The number of rotatable bonds is 4. The number of halogens is 1. The smallest absolute Gasteiger partial charge is 0.255 e. The molecule has 0 aromatic heterocycles. The van der Waals surface area contributed by atoms with Gasteiger partial charge in [0.1, 0.15) is 0 Å². The lowest BCUT2D eigenvalue weighted by Gasteiger charge is -2.22. The van der Waals surface area contributed by atoms with Crippen molar-refractivity contribution in [3.63, 3.8) is 0 Å². The summed E-state index contributed by atoms with van der Waals surface area (Å²) in [6.07, 6.45) is 0. The van der Waals surface area contributed by atoms with Gasteiger partial charge < -0.3 is 10.2 Å². The summed E-state index contributed by atoms with van der Waals surface area (Å²) in [6.45, 7) is 6.36. The quantitative estimate of drug-likeness (QED) is 0.907. The van der Waals surface area contributed by atoms with Gasteiger partial charge in [-0.25, -0.2) is 0 Å². The second-order valence-corrected chi connectivity index (χ2v) is 5.50. The Morgan fingerprint density at radius 2 is 1.89 bits per heavy atom. The third-order valence-electron chi connectivity index (χ3n) is 3.00. The maximum atomic E-state index is 12.1. The minimum Gasteiger partial charge on any atom is -0.382 e. The lowest BCUT2D eigenvalue weighted by Crippen LogP contribution is -2.26. The molecule has 0 radical (unpaired) electrons. The molecule has 0 aliphatic carbocycles. The van der Waals surface area contributed by atoms with E-state index in [0.717, 1.165) is 5.69 Å². The Morgan fingerprint density at radius 3 is 2.39 bits per heavy atom. The molecule has 3 nitrogen and oxygen atoms in total. The van der Waals surface area contributed by atoms with E-state index in [2.05, 4.69) is 26.1 Å². The number of anilines is 1. The Morgan fingerprint density at radius 1 is 1.28 bits per heavy atom. The molecule has 1 rings (SSSR count). The van der Waals surface area contributed by atoms with E-state index >= 15 is 0 Å². The molecule has 0 bridgehead atoms. The molecule has 18 heavy (non-hydrogen) atoms. The zero-order valence-electron chi connectivity index (χ0n) is 11.6. The third-order valence-corrected chi connectivity index (χ3v) is 3.24. The molecule has 1 unspecified atom stereocenters. The van der Waals surface area contributed by atoms with Gasteiger partial charge in [-0.3, -0.25) is 4.79 Å². The van der Waals surface area contributed by atoms with Crippen molar-refractivity contribution >= 4 is 23.2 Å². The van der Waals surface area contributed by atoms with Crippen molar-refractivity contribution in [1.82, 2.24) is 4.90 Å². The van der Waals surface area contributed by atoms with Gasteiger partial charge in [0, 0.05) is 30.8 Å². The van der Waals surface area contributed by atoms with Crippen LogP contribution in [0.15, 0.2) is 18.2 Å². The molecule has 1 amide bonds. The molecule has 1 N–H and O–H groups in total. The van der Waals surface area contributed by atoms with Crippen LogP contribution in [-0.4, -0.2) is 30.9 Å². The number of amides is 1. The largest absolute Gasteiger partial charge is 0.382 e. The van der Waals surface area contributed by atoms with Crippen molar-refractivity contribution in [2.24, 2.45) is 5.92 Å². The molecule has 0 fully saturated rings. The predicted octanol–water partition coefficient (Wildman–Crippen LogP) is 3.50. The van der Waals surface area contributed by atoms with Crippen molar-refractivity contribution in [2.75, 3.05) is 19.4 Å². The fraction of sp³-hybridized carbons (Fsp3) is 0.500. The maximum Gasteiger partial charge on any atom is 0.255 e. The number of benzene rings is 1. The minimum atomic E-state index is -0.0230. The van der Waals surface area contributed by atoms with E-state index < -0.39 is 0 Å². The zero-order valence-corrected chi connectivity index (χ0v) is 12.4. The fourth-order valence-corrected chi connectivity index (χ4v) is 1.65. The number of hydrogen-bond donors (Lipinski definition) is 1. The van der Waals surface area contributed by atoms with Gasteiger partial charge in [0.25, 0.3) is 5.91 Å². The van der Waals surface area contributed by atoms with Crippen molar-refractivity contribution in [3.8, 4) is 0 Å². The van der Waals surface area contributed by atoms with Crippen LogP contribution in [0.4, 0.5) is 5.69 Å². The summed E-state index contributed by atoms with van der Waals surface area (Å²) in [5, 5.41) is 3.98. The monoisotopic (exact) mass is 268 g/mol. The van der Waals surface area contributed by atoms with Crippen molar-refractivity contribution in [3.05, 3.63) is 28.8 Å². The second kappa shape index (κ2) is 6.10. The number of nitrogens with one attached hydrogen (secondary N) is 1. The lowest BCUT2D eigenvalue weighted by molar-refractivity contribution is 0.0828. The highest BCUT2D eigenvalue weighted by atomic mass is 35.5. The standard InChI is InChI=1S/C14H21ClN2O/c1-9(2)10(3)16-13-8-11(15)6-7-12(13)14(18)17(4)5/h6-10,16H,1-5H3. The van der Waals surface area contributed by atoms with Gasteiger partial charge in [0.05, 0.1) is 5.56 Å². The predicted molar refractivity (Wildman–Crippen MR) is 77.4 cm³/mol. The van der Waals surface area contributed by atoms with E-state index in [0.29, 0.717) is 16.5 Å². The van der Waals surface area contributed by atoms with Crippen molar-refractivity contribution in [1.29, 1.82) is 0 Å². The average molecular weight is 269 g/mol. The molecular weight excluding hydrogens is 248 g/mol. The van der Waals surface area contributed by atoms with Gasteiger partial charge in [0.15, 0.2) is 0 Å². The van der Waals surface area contributed by atoms with Crippen LogP contribution in [0, 0.1) is 5.92 Å². The van der Waals surface area contributed by atoms with Crippen molar-refractivity contribution in [2.45, 2.75) is 26.8 Å². The first-order valence-corrected chi connectivity index (χ1v) is 6.48. The first-order chi connectivity index (χ1) is 8.32. The Kier molecular flexibility index (Phi) is 5.03. The maximum absolute atomic E-state index is 12.1. The van der Waals surface area contributed by atoms with E-state index in [1.165, 1.54) is 0 Å². The van der Waals surface area contributed by atoms with Crippen LogP contribution in [0.5, 0.6) is 0 Å². The third kappa shape index (κ3) is 3.64. The van der Waals surface area contributed by atoms with Gasteiger partial charge in [-0.2, -0.15) is 0 Å². The number of carbonyl (C=O) groups excluding carboxylic acids is 1. The van der Waals surface area contributed by atoms with E-state index in [1.807, 2.05) is 0 Å². The highest BCUT2D eigenvalue weighted by Crippen LogP contribution is 2.24. The van der Waals surface area contributed by atoms with E-state index in [4.69, 9.17) is 11.6 Å². The zero-order chi connectivity index (χ0) is 13.9. The molecule has 1 aromatic rings. The van der Waals surface area contributed by atoms with Crippen LogP contribution in [0.25, 0.3) is 0 Å². The lowest BCUT2D eigenvalue weighted by atomic mass is 10.0. The first-order valence-electron chi connectivity index (χ1n) is 6.10. The van der Waals surface area contributed by atoms with E-state index in [-0.39, 0.29) is 11.9 Å². The van der Waals surface area contributed by atoms with E-state index in [1.54, 1.807) is 37.2 Å². The summed E-state index contributed by atoms with van der Waals surface area (Å²) < 4.78 is 0. The molecule has 1 aromatic carbocycles. The van der Waals surface area contributed by atoms with Crippen LogP contribution in [0.1, 0.15) is 31.1 Å². The topological polar surface area (TPSA) is 32.3 Å². The highest BCUT2D eigenvalue weighted by molar-refractivity contribution is 6.31. The summed E-state index contributed by atoms with van der Waals surface area (Å²) >= 11 is 6.00. The molecule has 0 aliphatic heterocycles. The van der Waals surface area contributed by atoms with E-state index in [9.17, 15) is 4.79 Å². The highest BCUT2D eigenvalue weighted by Gasteiger charge is 2.16. The molecule has 100 valence electrons. The van der Waals surface area contributed by atoms with Crippen LogP contribution in [0.3, 0.4) is 0 Å². The molecule has 1 atom stereocenters. The first kappa shape index (κ1) is 14.8. The number of carbonyl (C=O) groups is 1. The molecule has 4 heteroatoms. The molecule has 0 heterocycles.